The Morgan fingerprint density at radius 1 is 1.08 bits per heavy atom. The quantitative estimate of drug-likeness (QED) is 0.874. The molecular formula is C20H29ClFN3O. The van der Waals surface area contributed by atoms with Gasteiger partial charge in [-0.1, -0.05) is 25.0 Å². The molecule has 1 aliphatic carbocycles. The topological polar surface area (TPSA) is 35.6 Å². The molecule has 0 aromatic heterocycles. The molecule has 1 amide bonds. The van der Waals surface area contributed by atoms with Gasteiger partial charge in [0.2, 0.25) is 5.91 Å². The lowest BCUT2D eigenvalue weighted by Crippen LogP contribution is -2.50. The van der Waals surface area contributed by atoms with Crippen molar-refractivity contribution in [2.24, 2.45) is 0 Å². The zero-order valence-electron chi connectivity index (χ0n) is 15.3. The van der Waals surface area contributed by atoms with Crippen LogP contribution < -0.4 is 5.32 Å². The van der Waals surface area contributed by atoms with Gasteiger partial charge >= 0.3 is 0 Å². The molecule has 3 aliphatic rings. The Hall–Kier alpha value is -1.17. The Morgan fingerprint density at radius 2 is 1.73 bits per heavy atom. The third kappa shape index (κ3) is 3.62. The van der Waals surface area contributed by atoms with E-state index in [1.54, 1.807) is 0 Å². The SMILES string of the molecule is Cl.O=C(N1CCC(N2CCNCC2)C1)C1(c2ccc(F)cc2)CCCC1. The van der Waals surface area contributed by atoms with Gasteiger partial charge < -0.3 is 10.2 Å². The van der Waals surface area contributed by atoms with Crippen LogP contribution in [-0.4, -0.2) is 61.0 Å². The first-order chi connectivity index (χ1) is 12.2. The van der Waals surface area contributed by atoms with Gasteiger partial charge in [-0.05, 0) is 37.0 Å². The van der Waals surface area contributed by atoms with Crippen molar-refractivity contribution in [3.8, 4) is 0 Å². The first-order valence-electron chi connectivity index (χ1n) is 9.69. The summed E-state index contributed by atoms with van der Waals surface area (Å²) < 4.78 is 13.4. The highest BCUT2D eigenvalue weighted by molar-refractivity contribution is 5.89. The molecule has 3 fully saturated rings. The third-order valence-electron chi connectivity index (χ3n) is 6.38. The van der Waals surface area contributed by atoms with Gasteiger partial charge in [-0.2, -0.15) is 0 Å². The van der Waals surface area contributed by atoms with Crippen LogP contribution in [0.15, 0.2) is 24.3 Å². The highest BCUT2D eigenvalue weighted by atomic mass is 35.5. The van der Waals surface area contributed by atoms with E-state index in [1.807, 2.05) is 12.1 Å². The number of benzene rings is 1. The van der Waals surface area contributed by atoms with E-state index in [0.29, 0.717) is 6.04 Å². The van der Waals surface area contributed by atoms with Gasteiger partial charge in [-0.3, -0.25) is 9.69 Å². The van der Waals surface area contributed by atoms with Gasteiger partial charge in [-0.25, -0.2) is 4.39 Å². The second-order valence-corrected chi connectivity index (χ2v) is 7.78. The first-order valence-corrected chi connectivity index (χ1v) is 9.69. The van der Waals surface area contributed by atoms with Gasteiger partial charge in [0.25, 0.3) is 0 Å². The Kier molecular flexibility index (Phi) is 6.21. The Balaban J connectivity index is 0.00000196. The van der Waals surface area contributed by atoms with Crippen molar-refractivity contribution in [1.29, 1.82) is 0 Å². The molecule has 144 valence electrons. The second-order valence-electron chi connectivity index (χ2n) is 7.78. The molecule has 1 aromatic rings. The molecule has 0 radical (unpaired) electrons. The molecule has 1 aromatic carbocycles. The van der Waals surface area contributed by atoms with E-state index in [0.717, 1.165) is 76.9 Å². The first kappa shape index (κ1) is 19.6. The second kappa shape index (κ2) is 8.24. The van der Waals surface area contributed by atoms with Crippen molar-refractivity contribution in [3.05, 3.63) is 35.6 Å². The summed E-state index contributed by atoms with van der Waals surface area (Å²) in [4.78, 5) is 18.1. The van der Waals surface area contributed by atoms with E-state index in [2.05, 4.69) is 15.1 Å². The number of hydrogen-bond acceptors (Lipinski definition) is 3. The molecule has 1 N–H and O–H groups in total. The normalized spacial score (nSPS) is 25.9. The summed E-state index contributed by atoms with van der Waals surface area (Å²) >= 11 is 0. The molecule has 2 aliphatic heterocycles. The number of nitrogens with one attached hydrogen (secondary N) is 1. The molecule has 6 heteroatoms. The van der Waals surface area contributed by atoms with Crippen LogP contribution in [0.3, 0.4) is 0 Å². The van der Waals surface area contributed by atoms with Crippen molar-refractivity contribution in [1.82, 2.24) is 15.1 Å². The number of carbonyl (C=O) groups is 1. The Morgan fingerprint density at radius 3 is 2.38 bits per heavy atom. The average Bonchev–Trinajstić information content (AvgIpc) is 3.33. The molecule has 2 heterocycles. The highest BCUT2D eigenvalue weighted by Crippen LogP contribution is 2.43. The van der Waals surface area contributed by atoms with E-state index in [9.17, 15) is 9.18 Å². The van der Waals surface area contributed by atoms with Gasteiger partial charge in [-0.15, -0.1) is 12.4 Å². The van der Waals surface area contributed by atoms with Crippen LogP contribution in [-0.2, 0) is 10.2 Å². The summed E-state index contributed by atoms with van der Waals surface area (Å²) in [5, 5.41) is 3.40. The van der Waals surface area contributed by atoms with Crippen molar-refractivity contribution in [2.45, 2.75) is 43.6 Å². The van der Waals surface area contributed by atoms with Crippen molar-refractivity contribution < 1.29 is 9.18 Å². The molecule has 4 rings (SSSR count). The minimum absolute atomic E-state index is 0. The maximum absolute atomic E-state index is 13.5. The number of rotatable bonds is 3. The van der Waals surface area contributed by atoms with E-state index in [-0.39, 0.29) is 24.1 Å². The predicted molar refractivity (Wildman–Crippen MR) is 103 cm³/mol. The van der Waals surface area contributed by atoms with Crippen LogP contribution in [0.5, 0.6) is 0 Å². The number of carbonyl (C=O) groups excluding carboxylic acids is 1. The number of halogens is 2. The zero-order chi connectivity index (χ0) is 17.3. The summed E-state index contributed by atoms with van der Waals surface area (Å²) in [6.07, 6.45) is 5.03. The lowest BCUT2D eigenvalue weighted by atomic mass is 9.77. The van der Waals surface area contributed by atoms with E-state index in [1.165, 1.54) is 12.1 Å². The molecule has 0 spiro atoms. The molecule has 0 bridgehead atoms. The number of amides is 1. The van der Waals surface area contributed by atoms with Gasteiger partial charge in [0.1, 0.15) is 5.82 Å². The molecule has 1 saturated carbocycles. The number of nitrogens with zero attached hydrogens (tertiary/aromatic N) is 2. The highest BCUT2D eigenvalue weighted by Gasteiger charge is 2.46. The van der Waals surface area contributed by atoms with E-state index in [4.69, 9.17) is 0 Å². The molecule has 1 unspecified atom stereocenters. The van der Waals surface area contributed by atoms with Crippen molar-refractivity contribution in [2.75, 3.05) is 39.3 Å². The van der Waals surface area contributed by atoms with Crippen molar-refractivity contribution >= 4 is 18.3 Å². The number of hydrogen-bond donors (Lipinski definition) is 1. The maximum atomic E-state index is 13.5. The Labute approximate surface area is 161 Å². The monoisotopic (exact) mass is 381 g/mol. The summed E-state index contributed by atoms with van der Waals surface area (Å²) in [6.45, 7) is 5.96. The molecule has 1 atom stereocenters. The fourth-order valence-electron chi connectivity index (χ4n) is 4.95. The van der Waals surface area contributed by atoms with E-state index >= 15 is 0 Å². The van der Waals surface area contributed by atoms with Gasteiger partial charge in [0, 0.05) is 45.3 Å². The number of piperazine rings is 1. The predicted octanol–water partition coefficient (Wildman–Crippen LogP) is 2.57. The Bertz CT molecular complexity index is 612. The summed E-state index contributed by atoms with van der Waals surface area (Å²) in [6, 6.07) is 7.13. The fourth-order valence-corrected chi connectivity index (χ4v) is 4.95. The summed E-state index contributed by atoms with van der Waals surface area (Å²) in [5.74, 6) is 0.0403. The molecule has 26 heavy (non-hydrogen) atoms. The fraction of sp³-hybridized carbons (Fsp3) is 0.650. The summed E-state index contributed by atoms with van der Waals surface area (Å²) in [7, 11) is 0. The van der Waals surface area contributed by atoms with Crippen LogP contribution in [0.25, 0.3) is 0 Å². The minimum atomic E-state index is -0.425. The van der Waals surface area contributed by atoms with Crippen LogP contribution in [0.1, 0.15) is 37.7 Å². The largest absolute Gasteiger partial charge is 0.340 e. The van der Waals surface area contributed by atoms with Crippen LogP contribution in [0.2, 0.25) is 0 Å². The standard InChI is InChI=1S/C20H28FN3O.ClH/c21-17-5-3-16(4-6-17)20(8-1-2-9-20)19(25)24-12-7-18(15-24)23-13-10-22-11-14-23;/h3-6,18,22H,1-2,7-15H2;1H. The summed E-state index contributed by atoms with van der Waals surface area (Å²) in [5.41, 5.74) is 0.577. The molecule has 4 nitrogen and oxygen atoms in total. The zero-order valence-corrected chi connectivity index (χ0v) is 16.1. The third-order valence-corrected chi connectivity index (χ3v) is 6.38. The molecule has 2 saturated heterocycles. The van der Waals surface area contributed by atoms with Gasteiger partial charge in [0.15, 0.2) is 0 Å². The van der Waals surface area contributed by atoms with Gasteiger partial charge in [0.05, 0.1) is 5.41 Å². The van der Waals surface area contributed by atoms with Crippen LogP contribution in [0, 0.1) is 5.82 Å². The van der Waals surface area contributed by atoms with Crippen molar-refractivity contribution in [3.63, 3.8) is 0 Å². The van der Waals surface area contributed by atoms with E-state index < -0.39 is 5.41 Å². The lowest BCUT2D eigenvalue weighted by molar-refractivity contribution is -0.136. The lowest BCUT2D eigenvalue weighted by Gasteiger charge is -2.35. The average molecular weight is 382 g/mol. The molecular weight excluding hydrogens is 353 g/mol. The van der Waals surface area contributed by atoms with Crippen LogP contribution in [0.4, 0.5) is 4.39 Å². The maximum Gasteiger partial charge on any atom is 0.233 e. The number of likely N-dealkylation sites (tertiary alicyclic amines) is 1. The van der Waals surface area contributed by atoms with Crippen LogP contribution >= 0.6 is 12.4 Å². The smallest absolute Gasteiger partial charge is 0.233 e. The minimum Gasteiger partial charge on any atom is -0.340 e.